The van der Waals surface area contributed by atoms with Crippen LogP contribution in [0.1, 0.15) is 37.9 Å². The molecule has 0 aliphatic carbocycles. The molecule has 1 aliphatic rings. The van der Waals surface area contributed by atoms with Crippen molar-refractivity contribution in [2.45, 2.75) is 39.3 Å². The lowest BCUT2D eigenvalue weighted by Gasteiger charge is -2.16. The molecule has 5 heteroatoms. The highest BCUT2D eigenvalue weighted by Crippen LogP contribution is 2.30. The van der Waals surface area contributed by atoms with Crippen LogP contribution in [0.3, 0.4) is 0 Å². The SMILES string of the molecule is CC(C)(C)c1ncc2c(n1)CN(c1nc3ccccc3o1)C2. The number of hydrogen-bond acceptors (Lipinski definition) is 5. The maximum atomic E-state index is 5.85. The van der Waals surface area contributed by atoms with Gasteiger partial charge in [0.05, 0.1) is 18.8 Å². The molecule has 4 rings (SSSR count). The standard InChI is InChI=1S/C17H18N4O/c1-17(2,3)15-18-8-11-9-21(10-13(11)19-15)16-20-12-6-4-5-7-14(12)22-16/h4-8H,9-10H2,1-3H3. The number of nitrogens with zero attached hydrogens (tertiary/aromatic N) is 4. The molecule has 1 aromatic carbocycles. The van der Waals surface area contributed by atoms with Crippen molar-refractivity contribution in [3.8, 4) is 0 Å². The third kappa shape index (κ3) is 2.13. The molecular weight excluding hydrogens is 276 g/mol. The molecule has 0 fully saturated rings. The monoisotopic (exact) mass is 294 g/mol. The third-order valence-electron chi connectivity index (χ3n) is 3.88. The second kappa shape index (κ2) is 4.53. The number of oxazole rings is 1. The average molecular weight is 294 g/mol. The number of anilines is 1. The lowest BCUT2D eigenvalue weighted by atomic mass is 9.95. The summed E-state index contributed by atoms with van der Waals surface area (Å²) in [6.45, 7) is 7.84. The van der Waals surface area contributed by atoms with Crippen molar-refractivity contribution in [1.82, 2.24) is 15.0 Å². The second-order valence-electron chi connectivity index (χ2n) is 6.74. The molecule has 0 spiro atoms. The van der Waals surface area contributed by atoms with Crippen LogP contribution in [0.5, 0.6) is 0 Å². The Morgan fingerprint density at radius 2 is 1.91 bits per heavy atom. The van der Waals surface area contributed by atoms with Crippen LogP contribution in [0.4, 0.5) is 6.01 Å². The summed E-state index contributed by atoms with van der Waals surface area (Å²) in [6, 6.07) is 8.47. The molecule has 2 aromatic heterocycles. The molecule has 0 saturated heterocycles. The van der Waals surface area contributed by atoms with E-state index in [-0.39, 0.29) is 5.41 Å². The molecule has 22 heavy (non-hydrogen) atoms. The Bertz CT molecular complexity index is 814. The summed E-state index contributed by atoms with van der Waals surface area (Å²) in [6.07, 6.45) is 1.94. The van der Waals surface area contributed by atoms with E-state index in [1.807, 2.05) is 30.5 Å². The maximum Gasteiger partial charge on any atom is 0.299 e. The van der Waals surface area contributed by atoms with Crippen molar-refractivity contribution in [1.29, 1.82) is 0 Å². The van der Waals surface area contributed by atoms with E-state index in [9.17, 15) is 0 Å². The molecule has 0 bridgehead atoms. The number of aromatic nitrogens is 3. The highest BCUT2D eigenvalue weighted by atomic mass is 16.4. The summed E-state index contributed by atoms with van der Waals surface area (Å²) < 4.78 is 5.85. The van der Waals surface area contributed by atoms with Crippen LogP contribution < -0.4 is 4.90 Å². The van der Waals surface area contributed by atoms with Crippen LogP contribution in [0, 0.1) is 0 Å². The van der Waals surface area contributed by atoms with Crippen LogP contribution in [0.15, 0.2) is 34.9 Å². The lowest BCUT2D eigenvalue weighted by Crippen LogP contribution is -2.17. The van der Waals surface area contributed by atoms with Crippen molar-refractivity contribution >= 4 is 17.1 Å². The minimum absolute atomic E-state index is 0.0416. The fourth-order valence-electron chi connectivity index (χ4n) is 2.65. The maximum absolute atomic E-state index is 5.85. The average Bonchev–Trinajstić information content (AvgIpc) is 3.08. The van der Waals surface area contributed by atoms with Gasteiger partial charge in [0, 0.05) is 17.2 Å². The summed E-state index contributed by atoms with van der Waals surface area (Å²) >= 11 is 0. The second-order valence-corrected chi connectivity index (χ2v) is 6.74. The van der Waals surface area contributed by atoms with E-state index >= 15 is 0 Å². The van der Waals surface area contributed by atoms with E-state index in [2.05, 4.69) is 35.6 Å². The van der Waals surface area contributed by atoms with Gasteiger partial charge in [0.25, 0.3) is 6.01 Å². The molecule has 0 N–H and O–H groups in total. The Kier molecular flexibility index (Phi) is 2.73. The van der Waals surface area contributed by atoms with Crippen molar-refractivity contribution in [2.75, 3.05) is 4.90 Å². The van der Waals surface area contributed by atoms with Gasteiger partial charge in [-0.1, -0.05) is 32.9 Å². The molecule has 0 saturated carbocycles. The molecule has 112 valence electrons. The smallest absolute Gasteiger partial charge is 0.299 e. The summed E-state index contributed by atoms with van der Waals surface area (Å²) in [5.41, 5.74) is 3.88. The van der Waals surface area contributed by atoms with Gasteiger partial charge in [-0.2, -0.15) is 4.98 Å². The minimum Gasteiger partial charge on any atom is -0.423 e. The quantitative estimate of drug-likeness (QED) is 0.688. The summed E-state index contributed by atoms with van der Waals surface area (Å²) in [4.78, 5) is 15.9. The van der Waals surface area contributed by atoms with E-state index in [0.717, 1.165) is 34.7 Å². The predicted molar refractivity (Wildman–Crippen MR) is 84.6 cm³/mol. The van der Waals surface area contributed by atoms with E-state index in [4.69, 9.17) is 9.40 Å². The van der Waals surface area contributed by atoms with Crippen molar-refractivity contribution in [3.63, 3.8) is 0 Å². The van der Waals surface area contributed by atoms with Crippen LogP contribution in [-0.4, -0.2) is 15.0 Å². The lowest BCUT2D eigenvalue weighted by molar-refractivity contribution is 0.541. The zero-order valence-corrected chi connectivity index (χ0v) is 13.0. The fraction of sp³-hybridized carbons (Fsp3) is 0.353. The van der Waals surface area contributed by atoms with Gasteiger partial charge in [0.1, 0.15) is 11.3 Å². The summed E-state index contributed by atoms with van der Waals surface area (Å²) in [5.74, 6) is 0.880. The zero-order chi connectivity index (χ0) is 15.3. The Labute approximate surface area is 129 Å². The van der Waals surface area contributed by atoms with Crippen molar-refractivity contribution in [3.05, 3.63) is 47.5 Å². The Balaban J connectivity index is 1.66. The van der Waals surface area contributed by atoms with Crippen LogP contribution in [-0.2, 0) is 18.5 Å². The Morgan fingerprint density at radius 3 is 2.68 bits per heavy atom. The van der Waals surface area contributed by atoms with E-state index < -0.39 is 0 Å². The van der Waals surface area contributed by atoms with E-state index in [1.54, 1.807) is 0 Å². The number of para-hydroxylation sites is 2. The number of benzene rings is 1. The van der Waals surface area contributed by atoms with Gasteiger partial charge in [-0.3, -0.25) is 0 Å². The molecular formula is C17H18N4O. The molecule has 0 amide bonds. The van der Waals surface area contributed by atoms with Gasteiger partial charge in [-0.15, -0.1) is 0 Å². The molecule has 1 aliphatic heterocycles. The molecule has 3 aromatic rings. The largest absolute Gasteiger partial charge is 0.423 e. The minimum atomic E-state index is -0.0416. The molecule has 0 unspecified atom stereocenters. The normalized spacial score (nSPS) is 14.6. The fourth-order valence-corrected chi connectivity index (χ4v) is 2.65. The molecule has 0 atom stereocenters. The van der Waals surface area contributed by atoms with Gasteiger partial charge in [-0.25, -0.2) is 9.97 Å². The molecule has 5 nitrogen and oxygen atoms in total. The molecule has 3 heterocycles. The number of fused-ring (bicyclic) bond motifs is 2. The topological polar surface area (TPSA) is 55.1 Å². The number of hydrogen-bond donors (Lipinski definition) is 0. The Hall–Kier alpha value is -2.43. The van der Waals surface area contributed by atoms with Gasteiger partial charge < -0.3 is 9.32 Å². The zero-order valence-electron chi connectivity index (χ0n) is 13.0. The first-order chi connectivity index (χ1) is 10.5. The predicted octanol–water partition coefficient (Wildman–Crippen LogP) is 3.44. The van der Waals surface area contributed by atoms with Gasteiger partial charge in [-0.05, 0) is 12.1 Å². The first-order valence-electron chi connectivity index (χ1n) is 7.46. The van der Waals surface area contributed by atoms with E-state index in [0.29, 0.717) is 12.6 Å². The van der Waals surface area contributed by atoms with Crippen LogP contribution in [0.2, 0.25) is 0 Å². The highest BCUT2D eigenvalue weighted by Gasteiger charge is 2.27. The van der Waals surface area contributed by atoms with Crippen molar-refractivity contribution in [2.24, 2.45) is 0 Å². The van der Waals surface area contributed by atoms with Gasteiger partial charge in [0.2, 0.25) is 0 Å². The number of rotatable bonds is 1. The summed E-state index contributed by atoms with van der Waals surface area (Å²) in [7, 11) is 0. The summed E-state index contributed by atoms with van der Waals surface area (Å²) in [5, 5.41) is 0. The van der Waals surface area contributed by atoms with E-state index in [1.165, 1.54) is 0 Å². The highest BCUT2D eigenvalue weighted by molar-refractivity contribution is 5.74. The van der Waals surface area contributed by atoms with Crippen LogP contribution in [0.25, 0.3) is 11.1 Å². The van der Waals surface area contributed by atoms with Crippen molar-refractivity contribution < 1.29 is 4.42 Å². The third-order valence-corrected chi connectivity index (χ3v) is 3.88. The van der Waals surface area contributed by atoms with Gasteiger partial charge >= 0.3 is 0 Å². The Morgan fingerprint density at radius 1 is 1.09 bits per heavy atom. The first-order valence-corrected chi connectivity index (χ1v) is 7.46. The first kappa shape index (κ1) is 13.2. The van der Waals surface area contributed by atoms with Gasteiger partial charge in [0.15, 0.2) is 5.58 Å². The molecule has 0 radical (unpaired) electrons. The van der Waals surface area contributed by atoms with Crippen LogP contribution >= 0.6 is 0 Å².